The molecule has 3 aromatic heterocycles. The summed E-state index contributed by atoms with van der Waals surface area (Å²) in [6, 6.07) is 10.2. The zero-order chi connectivity index (χ0) is 25.4. The number of nitrogens with one attached hydrogen (secondary N) is 1. The molecule has 0 amide bonds. The van der Waals surface area contributed by atoms with Crippen LogP contribution in [0, 0.1) is 13.8 Å². The lowest BCUT2D eigenvalue weighted by atomic mass is 9.94. The molecular formula is C28H35N7O2. The van der Waals surface area contributed by atoms with Gasteiger partial charge in [0.2, 0.25) is 0 Å². The Morgan fingerprint density at radius 2 is 1.84 bits per heavy atom. The molecule has 0 radical (unpaired) electrons. The number of tetrazole rings is 1. The van der Waals surface area contributed by atoms with Gasteiger partial charge < -0.3 is 9.40 Å². The van der Waals surface area contributed by atoms with Crippen molar-refractivity contribution in [2.75, 3.05) is 26.2 Å². The molecule has 0 spiro atoms. The summed E-state index contributed by atoms with van der Waals surface area (Å²) in [6.45, 7) is 8.31. The van der Waals surface area contributed by atoms with Crippen LogP contribution in [0.15, 0.2) is 45.8 Å². The fraction of sp³-hybridized carbons (Fsp3) is 0.500. The van der Waals surface area contributed by atoms with Crippen molar-refractivity contribution in [1.29, 1.82) is 0 Å². The van der Waals surface area contributed by atoms with Gasteiger partial charge in [-0.2, -0.15) is 0 Å². The highest BCUT2D eigenvalue weighted by Crippen LogP contribution is 2.34. The smallest absolute Gasteiger partial charge is 0.253 e. The Kier molecular flexibility index (Phi) is 6.65. The Morgan fingerprint density at radius 1 is 1.05 bits per heavy atom. The first kappa shape index (κ1) is 24.1. The normalized spacial score (nSPS) is 19.0. The Hall–Kier alpha value is -3.30. The topological polar surface area (TPSA) is 96.1 Å². The number of pyridine rings is 1. The van der Waals surface area contributed by atoms with Gasteiger partial charge in [0.15, 0.2) is 5.82 Å². The van der Waals surface area contributed by atoms with Crippen molar-refractivity contribution in [2.24, 2.45) is 0 Å². The Morgan fingerprint density at radius 3 is 2.59 bits per heavy atom. The molecule has 6 rings (SSSR count). The van der Waals surface area contributed by atoms with Crippen molar-refractivity contribution in [1.82, 2.24) is 35.0 Å². The van der Waals surface area contributed by atoms with Crippen LogP contribution in [0.4, 0.5) is 0 Å². The quantitative estimate of drug-likeness (QED) is 0.424. The summed E-state index contributed by atoms with van der Waals surface area (Å²) in [4.78, 5) is 21.6. The van der Waals surface area contributed by atoms with Crippen LogP contribution in [0.5, 0.6) is 0 Å². The number of H-pyrrole nitrogens is 1. The van der Waals surface area contributed by atoms with Crippen molar-refractivity contribution in [3.8, 4) is 0 Å². The van der Waals surface area contributed by atoms with Crippen molar-refractivity contribution in [3.05, 3.63) is 75.2 Å². The standard InChI is InChI=1S/C28H35N7O2/c1-19-10-11-20(2)25-23(19)17-24(28(36)29-25)26(27-30-31-32-35(27)21-7-4-3-5-8-21)34-14-12-33(13-15-34)18-22-9-6-16-37-22/h6,9-11,16-17,21,26H,3-5,7-8,12-15,18H2,1-2H3,(H,29,36)/t26-/m1/s1. The van der Waals surface area contributed by atoms with Crippen LogP contribution in [0.25, 0.3) is 10.9 Å². The van der Waals surface area contributed by atoms with E-state index in [1.807, 2.05) is 23.7 Å². The molecule has 1 N–H and O–H groups in total. The first-order chi connectivity index (χ1) is 18.1. The predicted octanol–water partition coefficient (Wildman–Crippen LogP) is 4.14. The summed E-state index contributed by atoms with van der Waals surface area (Å²) in [7, 11) is 0. The van der Waals surface area contributed by atoms with Gasteiger partial charge in [0.05, 0.1) is 24.4 Å². The molecule has 1 aliphatic heterocycles. The second-order valence-electron chi connectivity index (χ2n) is 10.6. The van der Waals surface area contributed by atoms with Crippen LogP contribution >= 0.6 is 0 Å². The van der Waals surface area contributed by atoms with E-state index in [0.717, 1.165) is 79.2 Å². The lowest BCUT2D eigenvalue weighted by Crippen LogP contribution is -2.48. The van der Waals surface area contributed by atoms with Crippen LogP contribution in [0.3, 0.4) is 0 Å². The molecule has 194 valence electrons. The molecule has 9 heteroatoms. The van der Waals surface area contributed by atoms with Gasteiger partial charge in [0.25, 0.3) is 5.56 Å². The molecule has 1 saturated heterocycles. The number of aromatic nitrogens is 5. The van der Waals surface area contributed by atoms with Crippen LogP contribution in [0.1, 0.15) is 72.5 Å². The summed E-state index contributed by atoms with van der Waals surface area (Å²) >= 11 is 0. The molecule has 1 aliphatic carbocycles. The van der Waals surface area contributed by atoms with Crippen molar-refractivity contribution >= 4 is 10.9 Å². The number of piperazine rings is 1. The molecule has 4 aromatic rings. The van der Waals surface area contributed by atoms with E-state index in [9.17, 15) is 4.79 Å². The van der Waals surface area contributed by atoms with E-state index in [-0.39, 0.29) is 17.6 Å². The van der Waals surface area contributed by atoms with Crippen molar-refractivity contribution < 1.29 is 4.42 Å². The van der Waals surface area contributed by atoms with Gasteiger partial charge in [-0.1, -0.05) is 31.4 Å². The van der Waals surface area contributed by atoms with Crippen molar-refractivity contribution in [2.45, 2.75) is 64.6 Å². The third-order valence-corrected chi connectivity index (χ3v) is 8.18. The molecule has 37 heavy (non-hydrogen) atoms. The Bertz CT molecular complexity index is 1410. The van der Waals surface area contributed by atoms with Gasteiger partial charge in [-0.15, -0.1) is 5.10 Å². The number of aryl methyl sites for hydroxylation is 2. The first-order valence-electron chi connectivity index (χ1n) is 13.5. The van der Waals surface area contributed by atoms with Gasteiger partial charge in [0.1, 0.15) is 11.8 Å². The summed E-state index contributed by atoms with van der Waals surface area (Å²) in [6.07, 6.45) is 7.52. The van der Waals surface area contributed by atoms with E-state index in [0.29, 0.717) is 5.56 Å². The first-order valence-corrected chi connectivity index (χ1v) is 13.5. The van der Waals surface area contributed by atoms with Crippen molar-refractivity contribution in [3.63, 3.8) is 0 Å². The minimum Gasteiger partial charge on any atom is -0.468 e. The van der Waals surface area contributed by atoms with Crippen LogP contribution in [-0.2, 0) is 6.54 Å². The highest BCUT2D eigenvalue weighted by molar-refractivity contribution is 5.85. The third-order valence-electron chi connectivity index (χ3n) is 8.18. The number of furan rings is 1. The number of hydrogen-bond acceptors (Lipinski definition) is 7. The average Bonchev–Trinajstić information content (AvgIpc) is 3.61. The Balaban J connectivity index is 1.39. The maximum absolute atomic E-state index is 13.7. The molecule has 1 saturated carbocycles. The monoisotopic (exact) mass is 501 g/mol. The number of rotatable bonds is 6. The SMILES string of the molecule is Cc1ccc(C)c2[nH]c(=O)c([C@H](c3nnnn3C3CCCCC3)N3CCN(Cc4ccco4)CC3)cc12. The molecule has 1 atom stereocenters. The second kappa shape index (κ2) is 10.2. The van der Waals surface area contributed by atoms with E-state index in [2.05, 4.69) is 55.4 Å². The summed E-state index contributed by atoms with van der Waals surface area (Å²) in [5.74, 6) is 1.75. The molecule has 0 unspecified atom stereocenters. The molecule has 1 aromatic carbocycles. The maximum Gasteiger partial charge on any atom is 0.253 e. The van der Waals surface area contributed by atoms with Crippen LogP contribution < -0.4 is 5.56 Å². The van der Waals surface area contributed by atoms with Crippen LogP contribution in [-0.4, -0.2) is 61.2 Å². The fourth-order valence-electron chi connectivity index (χ4n) is 6.06. The second-order valence-corrected chi connectivity index (χ2v) is 10.6. The maximum atomic E-state index is 13.7. The highest BCUT2D eigenvalue weighted by Gasteiger charge is 2.34. The lowest BCUT2D eigenvalue weighted by Gasteiger charge is -2.38. The lowest BCUT2D eigenvalue weighted by molar-refractivity contribution is 0.0937. The molecule has 2 fully saturated rings. The summed E-state index contributed by atoms with van der Waals surface area (Å²) in [5.41, 5.74) is 3.77. The Labute approximate surface area is 216 Å². The van der Waals surface area contributed by atoms with E-state index >= 15 is 0 Å². The number of benzene rings is 1. The number of nitrogens with zero attached hydrogens (tertiary/aromatic N) is 6. The van der Waals surface area contributed by atoms with E-state index in [1.165, 1.54) is 19.3 Å². The van der Waals surface area contributed by atoms with E-state index in [1.54, 1.807) is 6.26 Å². The minimum atomic E-state index is -0.309. The van der Waals surface area contributed by atoms with E-state index in [4.69, 9.17) is 4.42 Å². The fourth-order valence-corrected chi connectivity index (χ4v) is 6.06. The minimum absolute atomic E-state index is 0.0672. The number of hydrogen-bond donors (Lipinski definition) is 1. The van der Waals surface area contributed by atoms with Gasteiger partial charge in [-0.05, 0) is 66.4 Å². The summed E-state index contributed by atoms with van der Waals surface area (Å²) in [5, 5.41) is 14.2. The molecular weight excluding hydrogens is 466 g/mol. The predicted molar refractivity (Wildman–Crippen MR) is 141 cm³/mol. The van der Waals surface area contributed by atoms with Crippen LogP contribution in [0.2, 0.25) is 0 Å². The van der Waals surface area contributed by atoms with Gasteiger partial charge in [-0.3, -0.25) is 14.6 Å². The van der Waals surface area contributed by atoms with Gasteiger partial charge >= 0.3 is 0 Å². The molecule has 9 nitrogen and oxygen atoms in total. The largest absolute Gasteiger partial charge is 0.468 e. The highest BCUT2D eigenvalue weighted by atomic mass is 16.3. The third kappa shape index (κ3) is 4.73. The zero-order valence-electron chi connectivity index (χ0n) is 21.7. The van der Waals surface area contributed by atoms with Gasteiger partial charge in [-0.25, -0.2) is 4.68 Å². The summed E-state index contributed by atoms with van der Waals surface area (Å²) < 4.78 is 7.59. The molecule has 0 bridgehead atoms. The van der Waals surface area contributed by atoms with E-state index < -0.39 is 0 Å². The molecule has 4 heterocycles. The van der Waals surface area contributed by atoms with Gasteiger partial charge in [0, 0.05) is 37.1 Å². The average molecular weight is 502 g/mol. The number of fused-ring (bicyclic) bond motifs is 1. The number of aromatic amines is 1. The zero-order valence-corrected chi connectivity index (χ0v) is 21.7. The molecule has 2 aliphatic rings.